The summed E-state index contributed by atoms with van der Waals surface area (Å²) in [5.74, 6) is -0.735. The van der Waals surface area contributed by atoms with Gasteiger partial charge in [-0.2, -0.15) is 0 Å². The van der Waals surface area contributed by atoms with Gasteiger partial charge in [0.25, 0.3) is 0 Å². The smallest absolute Gasteiger partial charge is 0.237 e. The summed E-state index contributed by atoms with van der Waals surface area (Å²) in [5, 5.41) is 8.98. The van der Waals surface area contributed by atoms with Crippen LogP contribution in [-0.2, 0) is 9.59 Å². The SMILES string of the molecule is Cc1ccc(-n2c(SCC(=O)N(CCC(N)=O)c3ccccc3)nnc2-c2ccccc2F)cc1. The lowest BCUT2D eigenvalue weighted by atomic mass is 10.2. The first-order valence-electron chi connectivity index (χ1n) is 11.0. The Morgan fingerprint density at radius 2 is 1.66 bits per heavy atom. The number of carbonyl (C=O) groups excluding carboxylic acids is 2. The summed E-state index contributed by atoms with van der Waals surface area (Å²) in [6, 6.07) is 23.2. The Balaban J connectivity index is 1.64. The molecule has 1 heterocycles. The van der Waals surface area contributed by atoms with Gasteiger partial charge in [-0.15, -0.1) is 10.2 Å². The Morgan fingerprint density at radius 3 is 2.34 bits per heavy atom. The molecule has 0 saturated heterocycles. The molecule has 2 N–H and O–H groups in total. The molecule has 7 nitrogen and oxygen atoms in total. The van der Waals surface area contributed by atoms with Gasteiger partial charge >= 0.3 is 0 Å². The van der Waals surface area contributed by atoms with E-state index in [0.29, 0.717) is 22.2 Å². The highest BCUT2D eigenvalue weighted by Gasteiger charge is 2.22. The number of para-hydroxylation sites is 1. The zero-order valence-corrected chi connectivity index (χ0v) is 19.9. The van der Waals surface area contributed by atoms with Gasteiger partial charge in [-0.1, -0.05) is 59.8 Å². The molecule has 4 rings (SSSR count). The second-order valence-electron chi connectivity index (χ2n) is 7.84. The van der Waals surface area contributed by atoms with E-state index in [9.17, 15) is 14.0 Å². The van der Waals surface area contributed by atoms with E-state index < -0.39 is 11.7 Å². The van der Waals surface area contributed by atoms with Crippen molar-refractivity contribution >= 4 is 29.3 Å². The first kappa shape index (κ1) is 24.2. The van der Waals surface area contributed by atoms with Crippen LogP contribution in [0.25, 0.3) is 17.1 Å². The van der Waals surface area contributed by atoms with Gasteiger partial charge in [0.1, 0.15) is 5.82 Å². The Labute approximate surface area is 206 Å². The van der Waals surface area contributed by atoms with E-state index in [1.54, 1.807) is 34.9 Å². The summed E-state index contributed by atoms with van der Waals surface area (Å²) in [4.78, 5) is 26.1. The van der Waals surface area contributed by atoms with Crippen LogP contribution in [0.15, 0.2) is 84.0 Å². The third kappa shape index (κ3) is 5.75. The zero-order chi connectivity index (χ0) is 24.8. The molecule has 0 radical (unpaired) electrons. The number of nitrogens with zero attached hydrogens (tertiary/aromatic N) is 4. The monoisotopic (exact) mass is 489 g/mol. The summed E-state index contributed by atoms with van der Waals surface area (Å²) >= 11 is 1.19. The lowest BCUT2D eigenvalue weighted by Crippen LogP contribution is -2.35. The van der Waals surface area contributed by atoms with Crippen molar-refractivity contribution in [2.75, 3.05) is 17.2 Å². The van der Waals surface area contributed by atoms with Gasteiger partial charge in [-0.05, 0) is 43.3 Å². The van der Waals surface area contributed by atoms with Crippen molar-refractivity contribution in [1.82, 2.24) is 14.8 Å². The fraction of sp³-hybridized carbons (Fsp3) is 0.154. The van der Waals surface area contributed by atoms with Crippen LogP contribution >= 0.6 is 11.8 Å². The zero-order valence-electron chi connectivity index (χ0n) is 19.1. The molecule has 0 aliphatic heterocycles. The number of amides is 2. The van der Waals surface area contributed by atoms with Crippen molar-refractivity contribution in [1.29, 1.82) is 0 Å². The second kappa shape index (κ2) is 11.0. The summed E-state index contributed by atoms with van der Waals surface area (Å²) in [5.41, 5.74) is 8.13. The van der Waals surface area contributed by atoms with E-state index in [1.807, 2.05) is 49.4 Å². The number of aryl methyl sites for hydroxylation is 1. The van der Waals surface area contributed by atoms with E-state index in [1.165, 1.54) is 22.7 Å². The van der Waals surface area contributed by atoms with Gasteiger partial charge in [0.15, 0.2) is 11.0 Å². The normalized spacial score (nSPS) is 10.8. The predicted molar refractivity (Wildman–Crippen MR) is 135 cm³/mol. The molecule has 0 bridgehead atoms. The standard InChI is InChI=1S/C26H24FN5O2S/c1-18-11-13-20(14-12-18)32-25(21-9-5-6-10-22(21)27)29-30-26(32)35-17-24(34)31(16-15-23(28)33)19-7-3-2-4-8-19/h2-14H,15-17H2,1H3,(H2,28,33). The van der Waals surface area contributed by atoms with Crippen LogP contribution in [0.3, 0.4) is 0 Å². The number of primary amides is 1. The third-order valence-electron chi connectivity index (χ3n) is 5.32. The Morgan fingerprint density at radius 1 is 0.971 bits per heavy atom. The van der Waals surface area contributed by atoms with Crippen LogP contribution in [-0.4, -0.2) is 38.9 Å². The van der Waals surface area contributed by atoms with Crippen LogP contribution in [0.4, 0.5) is 10.1 Å². The molecule has 1 aromatic heterocycles. The number of rotatable bonds is 9. The minimum absolute atomic E-state index is 0.0366. The van der Waals surface area contributed by atoms with E-state index >= 15 is 0 Å². The highest BCUT2D eigenvalue weighted by molar-refractivity contribution is 7.99. The highest BCUT2D eigenvalue weighted by Crippen LogP contribution is 2.30. The van der Waals surface area contributed by atoms with Gasteiger partial charge in [-0.3, -0.25) is 14.2 Å². The third-order valence-corrected chi connectivity index (χ3v) is 6.23. The molecule has 3 aromatic carbocycles. The molecule has 0 aliphatic carbocycles. The Kier molecular flexibility index (Phi) is 7.57. The fourth-order valence-electron chi connectivity index (χ4n) is 3.54. The molecule has 0 fully saturated rings. The van der Waals surface area contributed by atoms with E-state index in [0.717, 1.165) is 11.3 Å². The average molecular weight is 490 g/mol. The molecule has 0 atom stereocenters. The van der Waals surface area contributed by atoms with Crippen molar-refractivity contribution < 1.29 is 14.0 Å². The maximum absolute atomic E-state index is 14.6. The van der Waals surface area contributed by atoms with Gasteiger partial charge in [0.2, 0.25) is 11.8 Å². The number of thioether (sulfide) groups is 1. The topological polar surface area (TPSA) is 94.1 Å². The van der Waals surface area contributed by atoms with Crippen LogP contribution in [0.2, 0.25) is 0 Å². The maximum atomic E-state index is 14.6. The molecule has 0 aliphatic rings. The van der Waals surface area contributed by atoms with Crippen molar-refractivity contribution in [3.8, 4) is 17.1 Å². The van der Waals surface area contributed by atoms with Crippen LogP contribution in [0.1, 0.15) is 12.0 Å². The van der Waals surface area contributed by atoms with Gasteiger partial charge in [0, 0.05) is 24.3 Å². The quantitative estimate of drug-likeness (QED) is 0.352. The van der Waals surface area contributed by atoms with Gasteiger partial charge < -0.3 is 10.6 Å². The molecule has 35 heavy (non-hydrogen) atoms. The molecule has 2 amide bonds. The number of halogens is 1. The first-order chi connectivity index (χ1) is 16.9. The average Bonchev–Trinajstić information content (AvgIpc) is 3.28. The Bertz CT molecular complexity index is 1330. The number of carbonyl (C=O) groups is 2. The van der Waals surface area contributed by atoms with E-state index in [4.69, 9.17) is 5.73 Å². The summed E-state index contributed by atoms with van der Waals surface area (Å²) < 4.78 is 16.4. The van der Waals surface area contributed by atoms with Gasteiger partial charge in [-0.25, -0.2) is 4.39 Å². The van der Waals surface area contributed by atoms with Crippen molar-refractivity contribution in [2.45, 2.75) is 18.5 Å². The molecule has 0 spiro atoms. The number of hydrogen-bond donors (Lipinski definition) is 1. The number of nitrogens with two attached hydrogens (primary N) is 1. The minimum atomic E-state index is -0.486. The summed E-state index contributed by atoms with van der Waals surface area (Å²) in [7, 11) is 0. The maximum Gasteiger partial charge on any atom is 0.237 e. The van der Waals surface area contributed by atoms with Crippen LogP contribution in [0, 0.1) is 12.7 Å². The van der Waals surface area contributed by atoms with Crippen molar-refractivity contribution in [3.05, 3.63) is 90.2 Å². The van der Waals surface area contributed by atoms with Gasteiger partial charge in [0.05, 0.1) is 11.3 Å². The molecule has 0 saturated carbocycles. The van der Waals surface area contributed by atoms with Crippen molar-refractivity contribution in [3.63, 3.8) is 0 Å². The molecule has 178 valence electrons. The number of benzene rings is 3. The second-order valence-corrected chi connectivity index (χ2v) is 8.79. The lowest BCUT2D eigenvalue weighted by molar-refractivity contribution is -0.118. The number of aromatic nitrogens is 3. The van der Waals surface area contributed by atoms with Crippen molar-refractivity contribution in [2.24, 2.45) is 5.73 Å². The minimum Gasteiger partial charge on any atom is -0.370 e. The highest BCUT2D eigenvalue weighted by atomic mass is 32.2. The van der Waals surface area contributed by atoms with Crippen LogP contribution < -0.4 is 10.6 Å². The molecule has 0 unspecified atom stereocenters. The molecule has 9 heteroatoms. The first-order valence-corrected chi connectivity index (χ1v) is 12.0. The summed E-state index contributed by atoms with van der Waals surface area (Å²) in [6.45, 7) is 2.15. The molecular formula is C26H24FN5O2S. The fourth-order valence-corrected chi connectivity index (χ4v) is 4.37. The number of anilines is 1. The molecular weight excluding hydrogens is 465 g/mol. The van der Waals surface area contributed by atoms with E-state index in [-0.39, 0.29) is 24.6 Å². The van der Waals surface area contributed by atoms with E-state index in [2.05, 4.69) is 10.2 Å². The Hall–Kier alpha value is -3.98. The van der Waals surface area contributed by atoms with Crippen LogP contribution in [0.5, 0.6) is 0 Å². The summed E-state index contributed by atoms with van der Waals surface area (Å²) in [6.07, 6.45) is 0.0439. The molecule has 4 aromatic rings. The largest absolute Gasteiger partial charge is 0.370 e. The number of hydrogen-bond acceptors (Lipinski definition) is 5. The predicted octanol–water partition coefficient (Wildman–Crippen LogP) is 4.38. The lowest BCUT2D eigenvalue weighted by Gasteiger charge is -2.22.